The molecule has 1 aliphatic rings. The number of H-pyrrole nitrogens is 1. The van der Waals surface area contributed by atoms with Crippen molar-refractivity contribution in [1.29, 1.82) is 0 Å². The number of nitrogen functional groups attached to an aromatic ring is 1. The number of aliphatic hydroxyl groups is 1. The van der Waals surface area contributed by atoms with Crippen molar-refractivity contribution < 1.29 is 5.11 Å². The molecule has 3 aromatic heterocycles. The van der Waals surface area contributed by atoms with Crippen LogP contribution in [0.4, 0.5) is 5.82 Å². The molecule has 1 aliphatic heterocycles. The molecule has 0 radical (unpaired) electrons. The molecule has 0 amide bonds. The standard InChI is InChI=1S/C16H16N6O/c1-2-12(23)11-7-18-16(17)13-14(20-21-15(11)13)9-3-4-10-5-6-19-22(10)8-9/h3-7,20,23H,2,8,17H2,1H3. The van der Waals surface area contributed by atoms with Crippen LogP contribution in [0.5, 0.6) is 0 Å². The zero-order valence-electron chi connectivity index (χ0n) is 12.6. The first kappa shape index (κ1) is 13.6. The lowest BCUT2D eigenvalue weighted by Gasteiger charge is -2.10. The molecular formula is C16H16N6O. The minimum absolute atomic E-state index is 0.249. The van der Waals surface area contributed by atoms with E-state index in [0.717, 1.165) is 22.0 Å². The molecule has 116 valence electrons. The summed E-state index contributed by atoms with van der Waals surface area (Å²) in [6, 6.07) is 1.96. The number of rotatable bonds is 1. The van der Waals surface area contributed by atoms with Gasteiger partial charge in [-0.3, -0.25) is 9.78 Å². The fourth-order valence-corrected chi connectivity index (χ4v) is 2.86. The third kappa shape index (κ3) is 2.01. The minimum Gasteiger partial charge on any atom is -0.512 e. The van der Waals surface area contributed by atoms with Crippen LogP contribution in [0.3, 0.4) is 0 Å². The largest absolute Gasteiger partial charge is 0.512 e. The highest BCUT2D eigenvalue weighted by Gasteiger charge is 2.14. The van der Waals surface area contributed by atoms with Crippen molar-refractivity contribution in [2.75, 3.05) is 5.73 Å². The topological polar surface area (TPSA) is 106 Å². The summed E-state index contributed by atoms with van der Waals surface area (Å²) in [6.07, 6.45) is 7.88. The Kier molecular flexibility index (Phi) is 2.94. The van der Waals surface area contributed by atoms with Crippen LogP contribution in [0.25, 0.3) is 28.3 Å². The molecule has 0 aromatic carbocycles. The number of anilines is 1. The summed E-state index contributed by atoms with van der Waals surface area (Å²) in [7, 11) is 0. The molecule has 0 bridgehead atoms. The smallest absolute Gasteiger partial charge is 0.135 e. The first-order chi connectivity index (χ1) is 11.2. The van der Waals surface area contributed by atoms with E-state index in [1.54, 1.807) is 12.4 Å². The van der Waals surface area contributed by atoms with Crippen LogP contribution in [0.15, 0.2) is 24.5 Å². The first-order valence-corrected chi connectivity index (χ1v) is 7.42. The van der Waals surface area contributed by atoms with Crippen LogP contribution >= 0.6 is 0 Å². The molecule has 4 heterocycles. The van der Waals surface area contributed by atoms with Crippen molar-refractivity contribution in [1.82, 2.24) is 25.0 Å². The number of allylic oxidation sites excluding steroid dienone is 1. The van der Waals surface area contributed by atoms with Gasteiger partial charge >= 0.3 is 0 Å². The summed E-state index contributed by atoms with van der Waals surface area (Å²) < 4.78 is 1.91. The first-order valence-electron chi connectivity index (χ1n) is 7.42. The minimum atomic E-state index is 0.249. The lowest BCUT2D eigenvalue weighted by Crippen LogP contribution is -2.18. The molecule has 7 nitrogen and oxygen atoms in total. The summed E-state index contributed by atoms with van der Waals surface area (Å²) in [5, 5.41) is 23.9. The normalized spacial score (nSPS) is 17.4. The molecule has 4 rings (SSSR count). The zero-order valence-corrected chi connectivity index (χ0v) is 12.6. The second-order valence-electron chi connectivity index (χ2n) is 5.45. The monoisotopic (exact) mass is 308 g/mol. The van der Waals surface area contributed by atoms with E-state index in [4.69, 9.17) is 5.73 Å². The highest BCUT2D eigenvalue weighted by atomic mass is 16.3. The average molecular weight is 308 g/mol. The van der Waals surface area contributed by atoms with Gasteiger partial charge in [0.2, 0.25) is 0 Å². The van der Waals surface area contributed by atoms with E-state index in [0.29, 0.717) is 29.5 Å². The maximum absolute atomic E-state index is 10.1. The van der Waals surface area contributed by atoms with E-state index in [2.05, 4.69) is 20.3 Å². The molecule has 0 saturated carbocycles. The molecule has 4 N–H and O–H groups in total. The Morgan fingerprint density at radius 3 is 3.13 bits per heavy atom. The Hall–Kier alpha value is -3.09. The molecule has 0 saturated heterocycles. The van der Waals surface area contributed by atoms with E-state index in [9.17, 15) is 5.11 Å². The van der Waals surface area contributed by atoms with Gasteiger partial charge in [-0.1, -0.05) is 13.0 Å². The summed E-state index contributed by atoms with van der Waals surface area (Å²) in [4.78, 5) is 4.22. The highest BCUT2D eigenvalue weighted by Crippen LogP contribution is 2.17. The number of hydrogen-bond donors (Lipinski definition) is 3. The number of nitrogens with zero attached hydrogens (tertiary/aromatic N) is 4. The molecule has 23 heavy (non-hydrogen) atoms. The van der Waals surface area contributed by atoms with E-state index < -0.39 is 0 Å². The van der Waals surface area contributed by atoms with Gasteiger partial charge in [0.25, 0.3) is 0 Å². The Bertz CT molecular complexity index is 1060. The third-order valence-corrected chi connectivity index (χ3v) is 4.10. The molecule has 3 aromatic rings. The van der Waals surface area contributed by atoms with E-state index in [1.807, 2.05) is 29.8 Å². The maximum atomic E-state index is 10.1. The van der Waals surface area contributed by atoms with Crippen LogP contribution < -0.4 is 16.3 Å². The Morgan fingerprint density at radius 2 is 2.30 bits per heavy atom. The highest BCUT2D eigenvalue weighted by molar-refractivity contribution is 5.91. The van der Waals surface area contributed by atoms with Gasteiger partial charge in [-0.25, -0.2) is 4.98 Å². The van der Waals surface area contributed by atoms with Gasteiger partial charge in [0.1, 0.15) is 17.1 Å². The fraction of sp³-hybridized carbons (Fsp3) is 0.188. The molecule has 0 atom stereocenters. The number of aromatic nitrogens is 5. The van der Waals surface area contributed by atoms with Gasteiger partial charge in [-0.2, -0.15) is 10.2 Å². The summed E-state index contributed by atoms with van der Waals surface area (Å²) in [5.74, 6) is 0.641. The number of nitrogens with two attached hydrogens (primary N) is 1. The van der Waals surface area contributed by atoms with E-state index in [1.165, 1.54) is 0 Å². The lowest BCUT2D eigenvalue weighted by molar-refractivity contribution is 0.483. The predicted molar refractivity (Wildman–Crippen MR) is 88.5 cm³/mol. The fourth-order valence-electron chi connectivity index (χ4n) is 2.86. The van der Waals surface area contributed by atoms with Gasteiger partial charge in [-0.05, 0) is 17.7 Å². The van der Waals surface area contributed by atoms with E-state index in [-0.39, 0.29) is 5.76 Å². The molecule has 0 fully saturated rings. The van der Waals surface area contributed by atoms with Gasteiger partial charge in [0, 0.05) is 18.8 Å². The van der Waals surface area contributed by atoms with Crippen molar-refractivity contribution in [2.45, 2.75) is 19.9 Å². The third-order valence-electron chi connectivity index (χ3n) is 4.10. The number of aliphatic hydroxyl groups excluding tert-OH is 1. The number of nitrogens with one attached hydrogen (secondary N) is 1. The number of hydrogen-bond acceptors (Lipinski definition) is 5. The van der Waals surface area contributed by atoms with Crippen LogP contribution in [0.2, 0.25) is 0 Å². The predicted octanol–water partition coefficient (Wildman–Crippen LogP) is 0.691. The lowest BCUT2D eigenvalue weighted by atomic mass is 10.1. The average Bonchev–Trinajstić information content (AvgIpc) is 3.20. The Labute approximate surface area is 131 Å². The van der Waals surface area contributed by atoms with E-state index >= 15 is 0 Å². The molecule has 7 heteroatoms. The number of pyridine rings is 1. The van der Waals surface area contributed by atoms with Gasteiger partial charge in [0.15, 0.2) is 0 Å². The van der Waals surface area contributed by atoms with Gasteiger partial charge < -0.3 is 10.8 Å². The van der Waals surface area contributed by atoms with Crippen molar-refractivity contribution in [2.24, 2.45) is 0 Å². The van der Waals surface area contributed by atoms with Crippen LogP contribution in [0.1, 0.15) is 19.0 Å². The molecule has 0 spiro atoms. The second-order valence-corrected chi connectivity index (χ2v) is 5.45. The van der Waals surface area contributed by atoms with Crippen LogP contribution in [0, 0.1) is 0 Å². The molecule has 0 unspecified atom stereocenters. The maximum Gasteiger partial charge on any atom is 0.135 e. The van der Waals surface area contributed by atoms with Crippen LogP contribution in [-0.4, -0.2) is 30.1 Å². The summed E-state index contributed by atoms with van der Waals surface area (Å²) in [6.45, 7) is 2.51. The SMILES string of the molecule is CCC(O)=c1cnc(N)c2c(=C3C=Cc4ccnn4C3)[nH]nc12. The van der Waals surface area contributed by atoms with Gasteiger partial charge in [0.05, 0.1) is 28.2 Å². The quantitative estimate of drug-likeness (QED) is 0.613. The van der Waals surface area contributed by atoms with Crippen molar-refractivity contribution >= 4 is 34.1 Å². The Morgan fingerprint density at radius 1 is 1.43 bits per heavy atom. The van der Waals surface area contributed by atoms with Crippen molar-refractivity contribution in [3.63, 3.8) is 0 Å². The summed E-state index contributed by atoms with van der Waals surface area (Å²) >= 11 is 0. The Balaban J connectivity index is 2.06. The summed E-state index contributed by atoms with van der Waals surface area (Å²) in [5.41, 5.74) is 8.78. The number of fused-ring (bicyclic) bond motifs is 2. The second kappa shape index (κ2) is 4.98. The number of aromatic amines is 1. The molecular weight excluding hydrogens is 292 g/mol. The van der Waals surface area contributed by atoms with Crippen molar-refractivity contribution in [3.8, 4) is 0 Å². The van der Waals surface area contributed by atoms with Gasteiger partial charge in [-0.15, -0.1) is 0 Å². The zero-order chi connectivity index (χ0) is 16.0. The van der Waals surface area contributed by atoms with Crippen LogP contribution in [-0.2, 0) is 6.54 Å². The van der Waals surface area contributed by atoms with Crippen molar-refractivity contribution in [3.05, 3.63) is 40.8 Å². The molecule has 0 aliphatic carbocycles.